The van der Waals surface area contributed by atoms with Gasteiger partial charge in [0.25, 0.3) is 10.1 Å². The van der Waals surface area contributed by atoms with Gasteiger partial charge in [0.1, 0.15) is 0 Å². The van der Waals surface area contributed by atoms with E-state index in [2.05, 4.69) is 0 Å². The predicted octanol–water partition coefficient (Wildman–Crippen LogP) is 3.00. The minimum absolute atomic E-state index is 0.156. The molecule has 11 heteroatoms. The highest BCUT2D eigenvalue weighted by Gasteiger charge is 2.49. The second kappa shape index (κ2) is 12.0. The Labute approximate surface area is 219 Å². The van der Waals surface area contributed by atoms with Crippen LogP contribution in [0.5, 0.6) is 0 Å². The topological polar surface area (TPSA) is 132 Å². The quantitative estimate of drug-likeness (QED) is 0.239. The van der Waals surface area contributed by atoms with Gasteiger partial charge in [-0.25, -0.2) is 14.4 Å². The Hall–Kier alpha value is -4.06. The van der Waals surface area contributed by atoms with Crippen molar-refractivity contribution in [1.29, 1.82) is 0 Å². The Kier molecular flexibility index (Phi) is 8.52. The maximum atomic E-state index is 13.0. The number of ether oxygens (including phenoxy) is 4. The predicted molar refractivity (Wildman–Crippen MR) is 133 cm³/mol. The minimum Gasteiger partial charge on any atom is -0.452 e. The number of hydrogen-bond acceptors (Lipinski definition) is 10. The van der Waals surface area contributed by atoms with Crippen LogP contribution in [0.4, 0.5) is 0 Å². The third kappa shape index (κ3) is 7.03. The standard InChI is InChI=1S/C27H24O10S/c1-38(31,32)37-23-22(35-25(29)19-13-7-3-8-14-19)21(34-24(28)18-11-5-2-6-12-18)17-33-27(23)36-26(30)20-15-9-4-10-16-20/h2-16,21-23,27H,17H2,1H3/t21-,22+,23+,27-/m1/s1. The summed E-state index contributed by atoms with van der Waals surface area (Å²) in [6.45, 7) is -0.387. The lowest BCUT2D eigenvalue weighted by molar-refractivity contribution is -0.243. The van der Waals surface area contributed by atoms with Crippen molar-refractivity contribution in [2.45, 2.75) is 24.6 Å². The molecule has 3 aromatic rings. The fourth-order valence-electron chi connectivity index (χ4n) is 3.69. The molecule has 1 fully saturated rings. The van der Waals surface area contributed by atoms with Crippen LogP contribution in [0.25, 0.3) is 0 Å². The van der Waals surface area contributed by atoms with E-state index in [-0.39, 0.29) is 23.3 Å². The maximum Gasteiger partial charge on any atom is 0.340 e. The lowest BCUT2D eigenvalue weighted by Gasteiger charge is -2.39. The Bertz CT molecular complexity index is 1360. The van der Waals surface area contributed by atoms with E-state index in [9.17, 15) is 22.8 Å². The van der Waals surface area contributed by atoms with Gasteiger partial charge in [0.15, 0.2) is 18.3 Å². The number of carbonyl (C=O) groups is 3. The number of esters is 3. The first-order valence-electron chi connectivity index (χ1n) is 11.5. The molecule has 1 aliphatic rings. The number of carbonyl (C=O) groups excluding carboxylic acids is 3. The van der Waals surface area contributed by atoms with Gasteiger partial charge < -0.3 is 18.9 Å². The molecule has 0 radical (unpaired) electrons. The largest absolute Gasteiger partial charge is 0.452 e. The first kappa shape index (κ1) is 27.0. The molecule has 1 aliphatic heterocycles. The van der Waals surface area contributed by atoms with E-state index in [1.54, 1.807) is 54.6 Å². The lowest BCUT2D eigenvalue weighted by atomic mass is 10.0. The molecule has 10 nitrogen and oxygen atoms in total. The minimum atomic E-state index is -4.20. The fraction of sp³-hybridized carbons (Fsp3) is 0.222. The van der Waals surface area contributed by atoms with Crippen LogP contribution >= 0.6 is 0 Å². The smallest absolute Gasteiger partial charge is 0.340 e. The highest BCUT2D eigenvalue weighted by Crippen LogP contribution is 2.28. The van der Waals surface area contributed by atoms with Crippen LogP contribution < -0.4 is 0 Å². The fourth-order valence-corrected chi connectivity index (χ4v) is 4.29. The summed E-state index contributed by atoms with van der Waals surface area (Å²) in [5, 5.41) is 0. The van der Waals surface area contributed by atoms with Crippen LogP contribution in [0.15, 0.2) is 91.0 Å². The van der Waals surface area contributed by atoms with Gasteiger partial charge in [-0.05, 0) is 36.4 Å². The average molecular weight is 541 g/mol. The van der Waals surface area contributed by atoms with E-state index in [1.165, 1.54) is 36.4 Å². The van der Waals surface area contributed by atoms with E-state index in [4.69, 9.17) is 23.1 Å². The van der Waals surface area contributed by atoms with Crippen molar-refractivity contribution >= 4 is 28.0 Å². The molecule has 4 atom stereocenters. The van der Waals surface area contributed by atoms with E-state index in [0.717, 1.165) is 6.26 Å². The molecule has 0 amide bonds. The van der Waals surface area contributed by atoms with Crippen molar-refractivity contribution < 1.29 is 45.9 Å². The summed E-state index contributed by atoms with van der Waals surface area (Å²) >= 11 is 0. The maximum absolute atomic E-state index is 13.0. The van der Waals surface area contributed by atoms with Gasteiger partial charge in [-0.15, -0.1) is 0 Å². The second-order valence-electron chi connectivity index (χ2n) is 8.28. The van der Waals surface area contributed by atoms with Crippen LogP contribution in [-0.2, 0) is 33.2 Å². The SMILES string of the molecule is CS(=O)(=O)O[C@@H]1[C@@H](OC(=O)c2ccccc2)OC[C@@H](OC(=O)c2ccccc2)[C@@H]1OC(=O)c1ccccc1. The van der Waals surface area contributed by atoms with E-state index < -0.39 is 52.6 Å². The molecule has 3 aromatic carbocycles. The number of rotatable bonds is 8. The third-order valence-electron chi connectivity index (χ3n) is 5.42. The van der Waals surface area contributed by atoms with Crippen molar-refractivity contribution in [3.05, 3.63) is 108 Å². The Balaban J connectivity index is 1.65. The molecule has 198 valence electrons. The van der Waals surface area contributed by atoms with Gasteiger partial charge in [-0.2, -0.15) is 8.42 Å². The van der Waals surface area contributed by atoms with E-state index in [1.807, 2.05) is 0 Å². The molecular formula is C27H24O10S. The van der Waals surface area contributed by atoms with Gasteiger partial charge in [-0.1, -0.05) is 54.6 Å². The van der Waals surface area contributed by atoms with Gasteiger partial charge in [0.2, 0.25) is 6.29 Å². The molecule has 0 aromatic heterocycles. The van der Waals surface area contributed by atoms with Crippen molar-refractivity contribution in [2.24, 2.45) is 0 Å². The molecule has 0 N–H and O–H groups in total. The average Bonchev–Trinajstić information content (AvgIpc) is 2.92. The summed E-state index contributed by atoms with van der Waals surface area (Å²) < 4.78 is 51.8. The van der Waals surface area contributed by atoms with Crippen LogP contribution in [-0.4, -0.2) is 63.8 Å². The molecule has 4 rings (SSSR count). The molecule has 38 heavy (non-hydrogen) atoms. The van der Waals surface area contributed by atoms with Crippen LogP contribution in [0, 0.1) is 0 Å². The summed E-state index contributed by atoms with van der Waals surface area (Å²) in [5.74, 6) is -2.43. The highest BCUT2D eigenvalue weighted by molar-refractivity contribution is 7.86. The summed E-state index contributed by atoms with van der Waals surface area (Å²) in [6, 6.07) is 23.9. The van der Waals surface area contributed by atoms with Crippen molar-refractivity contribution in [1.82, 2.24) is 0 Å². The van der Waals surface area contributed by atoms with Crippen LogP contribution in [0.2, 0.25) is 0 Å². The zero-order valence-electron chi connectivity index (χ0n) is 20.2. The first-order chi connectivity index (χ1) is 18.2. The summed E-state index contributed by atoms with van der Waals surface area (Å²) in [4.78, 5) is 38.5. The van der Waals surface area contributed by atoms with Gasteiger partial charge in [0.05, 0.1) is 29.6 Å². The molecule has 1 saturated heterocycles. The molecule has 0 saturated carbocycles. The van der Waals surface area contributed by atoms with Crippen molar-refractivity contribution in [3.8, 4) is 0 Å². The molecule has 0 spiro atoms. The Morgan fingerprint density at radius 2 is 1.08 bits per heavy atom. The van der Waals surface area contributed by atoms with E-state index in [0.29, 0.717) is 0 Å². The number of hydrogen-bond donors (Lipinski definition) is 0. The zero-order chi connectivity index (χ0) is 27.1. The molecular weight excluding hydrogens is 516 g/mol. The van der Waals surface area contributed by atoms with Gasteiger partial charge in [0, 0.05) is 0 Å². The molecule has 1 heterocycles. The van der Waals surface area contributed by atoms with E-state index >= 15 is 0 Å². The van der Waals surface area contributed by atoms with Gasteiger partial charge >= 0.3 is 17.9 Å². The number of benzene rings is 3. The highest BCUT2D eigenvalue weighted by atomic mass is 32.2. The molecule has 0 unspecified atom stereocenters. The second-order valence-corrected chi connectivity index (χ2v) is 9.88. The van der Waals surface area contributed by atoms with Crippen LogP contribution in [0.1, 0.15) is 31.1 Å². The first-order valence-corrected chi connectivity index (χ1v) is 13.3. The molecule has 0 aliphatic carbocycles. The summed E-state index contributed by atoms with van der Waals surface area (Å²) in [6.07, 6.45) is -5.34. The van der Waals surface area contributed by atoms with Crippen molar-refractivity contribution in [3.63, 3.8) is 0 Å². The third-order valence-corrected chi connectivity index (χ3v) is 5.99. The summed E-state index contributed by atoms with van der Waals surface area (Å²) in [5.41, 5.74) is 0.534. The monoisotopic (exact) mass is 540 g/mol. The Morgan fingerprint density at radius 1 is 0.658 bits per heavy atom. The molecule has 0 bridgehead atoms. The Morgan fingerprint density at radius 3 is 1.53 bits per heavy atom. The van der Waals surface area contributed by atoms with Crippen LogP contribution in [0.3, 0.4) is 0 Å². The summed E-state index contributed by atoms with van der Waals surface area (Å²) in [7, 11) is -4.20. The van der Waals surface area contributed by atoms with Gasteiger partial charge in [-0.3, -0.25) is 4.18 Å². The van der Waals surface area contributed by atoms with Crippen molar-refractivity contribution in [2.75, 3.05) is 12.9 Å². The zero-order valence-corrected chi connectivity index (χ0v) is 21.0. The normalized spacial score (nSPS) is 21.2. The lowest BCUT2D eigenvalue weighted by Crippen LogP contribution is -2.58.